The molecule has 0 saturated carbocycles. The number of aromatic amines is 1. The van der Waals surface area contributed by atoms with Crippen LogP contribution in [0.5, 0.6) is 0 Å². The molecule has 4 rings (SSSR count). The topological polar surface area (TPSA) is 94.3 Å². The lowest BCUT2D eigenvalue weighted by atomic mass is 9.98. The molecule has 2 aromatic carbocycles. The van der Waals surface area contributed by atoms with Crippen molar-refractivity contribution in [1.82, 2.24) is 35.0 Å². The summed E-state index contributed by atoms with van der Waals surface area (Å²) >= 11 is 0. The number of allylic oxidation sites excluding steroid dienone is 1. The highest BCUT2D eigenvalue weighted by atomic mass is 16.2. The second-order valence-electron chi connectivity index (χ2n) is 8.73. The Morgan fingerprint density at radius 1 is 1.00 bits per heavy atom. The number of nitrogens with one attached hydrogen (secondary N) is 1. The molecule has 1 N–H and O–H groups in total. The molecule has 2 heterocycles. The largest absolute Gasteiger partial charge is 0.346 e. The van der Waals surface area contributed by atoms with E-state index in [-0.39, 0.29) is 5.69 Å². The molecule has 182 valence electrons. The molecule has 4 aromatic rings. The summed E-state index contributed by atoms with van der Waals surface area (Å²) in [4.78, 5) is 13.2. The molecule has 0 fully saturated rings. The third-order valence-electron chi connectivity index (χ3n) is 6.16. The average molecular weight is 472 g/mol. The molecule has 8 heteroatoms. The molecule has 0 aliphatic heterocycles. The van der Waals surface area contributed by atoms with Crippen LogP contribution in [0.2, 0.25) is 0 Å². The molecular weight excluding hydrogens is 438 g/mol. The molecule has 0 amide bonds. The number of rotatable bonds is 13. The average Bonchev–Trinajstić information content (AvgIpc) is 3.53. The Kier molecular flexibility index (Phi) is 8.38. The molecule has 8 nitrogen and oxygen atoms in total. The fraction of sp³-hybridized carbons (Fsp3) is 0.370. The summed E-state index contributed by atoms with van der Waals surface area (Å²) < 4.78 is 3.44. The predicted octanol–water partition coefficient (Wildman–Crippen LogP) is 5.03. The monoisotopic (exact) mass is 471 g/mol. The highest BCUT2D eigenvalue weighted by Gasteiger charge is 2.14. The fourth-order valence-corrected chi connectivity index (χ4v) is 4.25. The zero-order valence-electron chi connectivity index (χ0n) is 20.4. The quantitative estimate of drug-likeness (QED) is 0.218. The lowest BCUT2D eigenvalue weighted by molar-refractivity contribution is 0.514. The summed E-state index contributed by atoms with van der Waals surface area (Å²) in [6.07, 6.45) is 9.13. The Labute approximate surface area is 205 Å². The predicted molar refractivity (Wildman–Crippen MR) is 138 cm³/mol. The van der Waals surface area contributed by atoms with E-state index < -0.39 is 0 Å². The maximum atomic E-state index is 13.2. The first-order chi connectivity index (χ1) is 17.2. The number of aromatic nitrogens is 7. The van der Waals surface area contributed by atoms with Gasteiger partial charge in [-0.25, -0.2) is 9.48 Å². The van der Waals surface area contributed by atoms with Crippen LogP contribution in [-0.4, -0.2) is 35.0 Å². The number of H-pyrrole nitrogens is 1. The highest BCUT2D eigenvalue weighted by Crippen LogP contribution is 2.29. The lowest BCUT2D eigenvalue weighted by Gasteiger charge is -2.09. The number of unbranched alkanes of at least 4 members (excludes halogenated alkanes) is 4. The van der Waals surface area contributed by atoms with E-state index in [1.54, 1.807) is 9.25 Å². The zero-order chi connectivity index (χ0) is 24.5. The van der Waals surface area contributed by atoms with Crippen molar-refractivity contribution in [3.63, 3.8) is 0 Å². The van der Waals surface area contributed by atoms with Crippen molar-refractivity contribution < 1.29 is 0 Å². The van der Waals surface area contributed by atoms with Gasteiger partial charge in [0.25, 0.3) is 0 Å². The van der Waals surface area contributed by atoms with Gasteiger partial charge in [0, 0.05) is 18.5 Å². The van der Waals surface area contributed by atoms with Gasteiger partial charge in [0.05, 0.1) is 6.54 Å². The fourth-order valence-electron chi connectivity index (χ4n) is 4.25. The van der Waals surface area contributed by atoms with Gasteiger partial charge in [-0.05, 0) is 34.7 Å². The van der Waals surface area contributed by atoms with Gasteiger partial charge in [0.1, 0.15) is 5.82 Å². The summed E-state index contributed by atoms with van der Waals surface area (Å²) in [5.41, 5.74) is 4.01. The van der Waals surface area contributed by atoms with Gasteiger partial charge in [-0.1, -0.05) is 87.2 Å². The highest BCUT2D eigenvalue weighted by molar-refractivity contribution is 5.80. The van der Waals surface area contributed by atoms with Crippen molar-refractivity contribution in [3.05, 3.63) is 83.1 Å². The number of benzene rings is 2. The van der Waals surface area contributed by atoms with Crippen LogP contribution >= 0.6 is 0 Å². The maximum Gasteiger partial charge on any atom is 0.346 e. The van der Waals surface area contributed by atoms with Crippen molar-refractivity contribution in [3.8, 4) is 22.5 Å². The Morgan fingerprint density at radius 2 is 1.77 bits per heavy atom. The van der Waals surface area contributed by atoms with Crippen molar-refractivity contribution in [1.29, 1.82) is 0 Å². The third-order valence-corrected chi connectivity index (χ3v) is 6.16. The van der Waals surface area contributed by atoms with E-state index in [9.17, 15) is 4.79 Å². The Bertz CT molecular complexity index is 1270. The molecule has 35 heavy (non-hydrogen) atoms. The SMILES string of the molecule is C=CCCc1nn(CCCCCCC)c(=O)n1Cc1ccc(-c2ccccc2-c2nn[nH]n2)cc1. The van der Waals surface area contributed by atoms with Crippen LogP contribution in [0.4, 0.5) is 0 Å². The van der Waals surface area contributed by atoms with E-state index in [0.29, 0.717) is 25.3 Å². The Morgan fingerprint density at radius 3 is 2.49 bits per heavy atom. The van der Waals surface area contributed by atoms with E-state index in [1.165, 1.54) is 19.3 Å². The van der Waals surface area contributed by atoms with Crippen LogP contribution in [0, 0.1) is 0 Å². The molecule has 0 atom stereocenters. The molecule has 0 bridgehead atoms. The van der Waals surface area contributed by atoms with E-state index >= 15 is 0 Å². The van der Waals surface area contributed by atoms with Crippen LogP contribution < -0.4 is 5.69 Å². The van der Waals surface area contributed by atoms with Crippen molar-refractivity contribution >= 4 is 0 Å². The van der Waals surface area contributed by atoms with Gasteiger partial charge in [-0.15, -0.1) is 16.8 Å². The first kappa shape index (κ1) is 24.3. The molecule has 0 unspecified atom stereocenters. The first-order valence-corrected chi connectivity index (χ1v) is 12.4. The summed E-state index contributed by atoms with van der Waals surface area (Å²) in [6.45, 7) is 7.19. The molecule has 0 aliphatic rings. The van der Waals surface area contributed by atoms with Gasteiger partial charge in [-0.2, -0.15) is 10.3 Å². The Balaban J connectivity index is 1.53. The molecule has 0 aliphatic carbocycles. The minimum absolute atomic E-state index is 0.0360. The van der Waals surface area contributed by atoms with E-state index in [2.05, 4.69) is 63.5 Å². The summed E-state index contributed by atoms with van der Waals surface area (Å²) in [5.74, 6) is 1.38. The summed E-state index contributed by atoms with van der Waals surface area (Å²) in [7, 11) is 0. The second-order valence-corrected chi connectivity index (χ2v) is 8.73. The number of tetrazole rings is 1. The van der Waals surface area contributed by atoms with Gasteiger partial charge < -0.3 is 0 Å². The van der Waals surface area contributed by atoms with E-state index in [1.807, 2.05) is 30.3 Å². The van der Waals surface area contributed by atoms with Crippen molar-refractivity contribution in [2.75, 3.05) is 0 Å². The molecule has 0 spiro atoms. The van der Waals surface area contributed by atoms with Gasteiger partial charge >= 0.3 is 5.69 Å². The molecular formula is C27H33N7O. The minimum atomic E-state index is -0.0360. The van der Waals surface area contributed by atoms with Crippen LogP contribution in [-0.2, 0) is 19.5 Å². The Hall–Kier alpha value is -3.81. The lowest BCUT2D eigenvalue weighted by Crippen LogP contribution is -2.26. The minimum Gasteiger partial charge on any atom is -0.274 e. The van der Waals surface area contributed by atoms with Gasteiger partial charge in [0.15, 0.2) is 0 Å². The summed E-state index contributed by atoms with van der Waals surface area (Å²) in [5, 5.41) is 19.1. The number of hydrogen-bond donors (Lipinski definition) is 1. The number of aryl methyl sites for hydroxylation is 2. The van der Waals surface area contributed by atoms with Crippen molar-refractivity contribution in [2.24, 2.45) is 0 Å². The smallest absolute Gasteiger partial charge is 0.274 e. The molecule has 2 aromatic heterocycles. The van der Waals surface area contributed by atoms with Crippen LogP contribution in [0.1, 0.15) is 56.8 Å². The molecule has 0 radical (unpaired) electrons. The summed E-state index contributed by atoms with van der Waals surface area (Å²) in [6, 6.07) is 16.3. The van der Waals surface area contributed by atoms with Crippen LogP contribution in [0.25, 0.3) is 22.5 Å². The van der Waals surface area contributed by atoms with E-state index in [0.717, 1.165) is 47.3 Å². The maximum absolute atomic E-state index is 13.2. The second kappa shape index (κ2) is 12.1. The first-order valence-electron chi connectivity index (χ1n) is 12.4. The van der Waals surface area contributed by atoms with Crippen molar-refractivity contribution in [2.45, 2.75) is 65.0 Å². The number of hydrogen-bond acceptors (Lipinski definition) is 5. The van der Waals surface area contributed by atoms with Crippen LogP contribution in [0.3, 0.4) is 0 Å². The van der Waals surface area contributed by atoms with E-state index in [4.69, 9.17) is 0 Å². The molecule has 0 saturated heterocycles. The third kappa shape index (κ3) is 6.01. The normalized spacial score (nSPS) is 11.1. The standard InChI is InChI=1S/C27H33N7O/c1-3-5-7-8-11-19-34-27(35)33(25(30-34)14-6-4-2)20-21-15-17-22(18-16-21)23-12-9-10-13-24(23)26-28-31-32-29-26/h4,9-10,12-13,15-18H,2-3,5-8,11,14,19-20H2,1H3,(H,28,29,31,32). The van der Waals surface area contributed by atoms with Crippen LogP contribution in [0.15, 0.2) is 66.0 Å². The zero-order valence-corrected chi connectivity index (χ0v) is 20.4. The number of nitrogens with zero attached hydrogens (tertiary/aromatic N) is 6. The van der Waals surface area contributed by atoms with Gasteiger partial charge in [-0.3, -0.25) is 4.57 Å². The van der Waals surface area contributed by atoms with Gasteiger partial charge in [0.2, 0.25) is 5.82 Å².